The Hall–Kier alpha value is -4.26. The van der Waals surface area contributed by atoms with Crippen LogP contribution in [0.25, 0.3) is 10.8 Å². The normalized spacial score (nSPS) is 10.9. The SMILES string of the molecule is O=C(Cn1nc(C(=O)O)c2ccccc2c1=O)NC(c1ccccc1)c1ccccc1. The van der Waals surface area contributed by atoms with Gasteiger partial charge in [0.2, 0.25) is 5.91 Å². The van der Waals surface area contributed by atoms with Crippen molar-refractivity contribution in [2.45, 2.75) is 12.6 Å². The van der Waals surface area contributed by atoms with Crippen LogP contribution >= 0.6 is 0 Å². The number of carboxylic acids is 1. The Bertz CT molecular complexity index is 1260. The predicted octanol–water partition coefficient (Wildman–Crippen LogP) is 3.00. The van der Waals surface area contributed by atoms with Gasteiger partial charge in [0.1, 0.15) is 6.54 Å². The van der Waals surface area contributed by atoms with Crippen molar-refractivity contribution in [3.8, 4) is 0 Å². The summed E-state index contributed by atoms with van der Waals surface area (Å²) in [5, 5.41) is 16.8. The molecule has 0 spiro atoms. The molecule has 0 radical (unpaired) electrons. The molecular weight excluding hydrogens is 394 g/mol. The number of aromatic carboxylic acids is 1. The molecule has 3 aromatic carbocycles. The highest BCUT2D eigenvalue weighted by Crippen LogP contribution is 2.21. The van der Waals surface area contributed by atoms with Gasteiger partial charge in [-0.3, -0.25) is 9.59 Å². The summed E-state index contributed by atoms with van der Waals surface area (Å²) < 4.78 is 0.897. The molecular formula is C24H19N3O4. The number of hydrogen-bond acceptors (Lipinski definition) is 4. The van der Waals surface area contributed by atoms with Crippen molar-refractivity contribution in [3.05, 3.63) is 112 Å². The average Bonchev–Trinajstić information content (AvgIpc) is 2.80. The first-order valence-electron chi connectivity index (χ1n) is 9.67. The van der Waals surface area contributed by atoms with E-state index in [9.17, 15) is 19.5 Å². The minimum atomic E-state index is -1.27. The molecule has 154 valence electrons. The molecule has 0 fully saturated rings. The van der Waals surface area contributed by atoms with Gasteiger partial charge in [0, 0.05) is 5.39 Å². The molecule has 31 heavy (non-hydrogen) atoms. The van der Waals surface area contributed by atoms with Crippen LogP contribution in [-0.4, -0.2) is 26.8 Å². The zero-order valence-electron chi connectivity index (χ0n) is 16.4. The van der Waals surface area contributed by atoms with Crippen LogP contribution in [-0.2, 0) is 11.3 Å². The largest absolute Gasteiger partial charge is 0.476 e. The van der Waals surface area contributed by atoms with Gasteiger partial charge < -0.3 is 10.4 Å². The van der Waals surface area contributed by atoms with E-state index in [4.69, 9.17) is 0 Å². The molecule has 0 aliphatic heterocycles. The summed E-state index contributed by atoms with van der Waals surface area (Å²) in [5.41, 5.74) is 0.969. The van der Waals surface area contributed by atoms with Crippen molar-refractivity contribution < 1.29 is 14.7 Å². The van der Waals surface area contributed by atoms with Gasteiger partial charge in [0.15, 0.2) is 5.69 Å². The number of carboxylic acid groups (broad SMARTS) is 1. The lowest BCUT2D eigenvalue weighted by atomic mass is 9.99. The van der Waals surface area contributed by atoms with E-state index in [-0.39, 0.29) is 16.5 Å². The quantitative estimate of drug-likeness (QED) is 0.506. The van der Waals surface area contributed by atoms with Gasteiger partial charge in [-0.1, -0.05) is 78.9 Å². The van der Waals surface area contributed by atoms with Gasteiger partial charge in [-0.2, -0.15) is 5.10 Å². The second-order valence-corrected chi connectivity index (χ2v) is 6.98. The van der Waals surface area contributed by atoms with Crippen molar-refractivity contribution in [3.63, 3.8) is 0 Å². The molecule has 7 nitrogen and oxygen atoms in total. The molecule has 0 saturated heterocycles. The molecule has 7 heteroatoms. The number of carbonyl (C=O) groups is 2. The van der Waals surface area contributed by atoms with Crippen molar-refractivity contribution in [1.29, 1.82) is 0 Å². The number of amides is 1. The summed E-state index contributed by atoms with van der Waals surface area (Å²) in [5.74, 6) is -1.73. The topological polar surface area (TPSA) is 101 Å². The van der Waals surface area contributed by atoms with Gasteiger partial charge in [-0.15, -0.1) is 0 Å². The van der Waals surface area contributed by atoms with E-state index in [2.05, 4.69) is 10.4 Å². The molecule has 1 heterocycles. The average molecular weight is 413 g/mol. The van der Waals surface area contributed by atoms with Crippen LogP contribution < -0.4 is 10.9 Å². The lowest BCUT2D eigenvalue weighted by Gasteiger charge is -2.20. The molecule has 4 rings (SSSR count). The summed E-state index contributed by atoms with van der Waals surface area (Å²) in [6.45, 7) is -0.403. The Labute approximate surface area is 177 Å². The Morgan fingerprint density at radius 3 is 1.90 bits per heavy atom. The summed E-state index contributed by atoms with van der Waals surface area (Å²) >= 11 is 0. The minimum absolute atomic E-state index is 0.199. The summed E-state index contributed by atoms with van der Waals surface area (Å²) in [7, 11) is 0. The third kappa shape index (κ3) is 4.20. The number of nitrogens with one attached hydrogen (secondary N) is 1. The van der Waals surface area contributed by atoms with Crippen molar-refractivity contribution in [2.24, 2.45) is 0 Å². The number of aromatic nitrogens is 2. The van der Waals surface area contributed by atoms with Gasteiger partial charge >= 0.3 is 5.97 Å². The second kappa shape index (κ2) is 8.62. The molecule has 0 bridgehead atoms. The van der Waals surface area contributed by atoms with Crippen LogP contribution in [0.4, 0.5) is 0 Å². The first-order chi connectivity index (χ1) is 15.0. The summed E-state index contributed by atoms with van der Waals surface area (Å²) in [4.78, 5) is 37.3. The Kier molecular flexibility index (Phi) is 5.57. The molecule has 0 saturated carbocycles. The third-order valence-electron chi connectivity index (χ3n) is 4.93. The van der Waals surface area contributed by atoms with Crippen LogP contribution in [0.3, 0.4) is 0 Å². The molecule has 2 N–H and O–H groups in total. The van der Waals surface area contributed by atoms with E-state index in [1.807, 2.05) is 60.7 Å². The fraction of sp³-hybridized carbons (Fsp3) is 0.0833. The minimum Gasteiger partial charge on any atom is -0.476 e. The maximum Gasteiger partial charge on any atom is 0.357 e. The molecule has 1 amide bonds. The molecule has 0 aliphatic rings. The molecule has 4 aromatic rings. The third-order valence-corrected chi connectivity index (χ3v) is 4.93. The first-order valence-corrected chi connectivity index (χ1v) is 9.67. The zero-order valence-corrected chi connectivity index (χ0v) is 16.4. The highest BCUT2D eigenvalue weighted by Gasteiger charge is 2.20. The second-order valence-electron chi connectivity index (χ2n) is 6.98. The lowest BCUT2D eigenvalue weighted by Crippen LogP contribution is -2.37. The van der Waals surface area contributed by atoms with Crippen molar-refractivity contribution in [1.82, 2.24) is 15.1 Å². The number of carbonyl (C=O) groups excluding carboxylic acids is 1. The molecule has 0 unspecified atom stereocenters. The summed E-state index contributed by atoms with van der Waals surface area (Å²) in [6.07, 6.45) is 0. The van der Waals surface area contributed by atoms with Crippen LogP contribution in [0.2, 0.25) is 0 Å². The number of hydrogen-bond donors (Lipinski definition) is 2. The van der Waals surface area contributed by atoms with Gasteiger partial charge in [0.25, 0.3) is 5.56 Å². The first kappa shape index (κ1) is 20.0. The maximum atomic E-state index is 12.9. The van der Waals surface area contributed by atoms with E-state index in [0.29, 0.717) is 0 Å². The highest BCUT2D eigenvalue weighted by molar-refractivity contribution is 6.01. The van der Waals surface area contributed by atoms with Gasteiger partial charge in [-0.05, 0) is 17.2 Å². The molecule has 0 aliphatic carbocycles. The highest BCUT2D eigenvalue weighted by atomic mass is 16.4. The van der Waals surface area contributed by atoms with E-state index in [0.717, 1.165) is 15.8 Å². The van der Waals surface area contributed by atoms with Gasteiger partial charge in [-0.25, -0.2) is 9.48 Å². The standard InChI is InChI=1S/C24H19N3O4/c28-20(25-21(16-9-3-1-4-10-16)17-11-5-2-6-12-17)15-27-23(29)19-14-8-7-13-18(19)22(26-27)24(30)31/h1-14,21H,15H2,(H,25,28)(H,30,31). The fourth-order valence-corrected chi connectivity index (χ4v) is 3.49. The van der Waals surface area contributed by atoms with E-state index in [1.165, 1.54) is 12.1 Å². The van der Waals surface area contributed by atoms with Crippen molar-refractivity contribution in [2.75, 3.05) is 0 Å². The number of benzene rings is 3. The lowest BCUT2D eigenvalue weighted by molar-refractivity contribution is -0.122. The van der Waals surface area contributed by atoms with Gasteiger partial charge in [0.05, 0.1) is 11.4 Å². The molecule has 0 atom stereocenters. The maximum absolute atomic E-state index is 12.9. The summed E-state index contributed by atoms with van der Waals surface area (Å²) in [6, 6.07) is 24.8. The Morgan fingerprint density at radius 2 is 1.35 bits per heavy atom. The fourth-order valence-electron chi connectivity index (χ4n) is 3.49. The van der Waals surface area contributed by atoms with E-state index in [1.54, 1.807) is 12.1 Å². The smallest absolute Gasteiger partial charge is 0.357 e. The van der Waals surface area contributed by atoms with Crippen LogP contribution in [0.1, 0.15) is 27.7 Å². The van der Waals surface area contributed by atoms with Crippen LogP contribution in [0, 0.1) is 0 Å². The van der Waals surface area contributed by atoms with Crippen LogP contribution in [0.5, 0.6) is 0 Å². The zero-order chi connectivity index (χ0) is 21.8. The van der Waals surface area contributed by atoms with E-state index >= 15 is 0 Å². The van der Waals surface area contributed by atoms with E-state index < -0.39 is 30.0 Å². The number of fused-ring (bicyclic) bond motifs is 1. The van der Waals surface area contributed by atoms with Crippen LogP contribution in [0.15, 0.2) is 89.7 Å². The monoisotopic (exact) mass is 413 g/mol. The predicted molar refractivity (Wildman–Crippen MR) is 116 cm³/mol. The Balaban J connectivity index is 1.67. The van der Waals surface area contributed by atoms with Crippen molar-refractivity contribution >= 4 is 22.6 Å². The molecule has 1 aromatic heterocycles. The number of rotatable bonds is 6. The number of nitrogens with zero attached hydrogens (tertiary/aromatic N) is 2. The Morgan fingerprint density at radius 1 is 0.839 bits per heavy atom.